The molecule has 0 radical (unpaired) electrons. The number of anilines is 1. The number of ether oxygens (including phenoxy) is 1. The Kier molecular flexibility index (Phi) is 6.99. The first-order chi connectivity index (χ1) is 17.2. The van der Waals surface area contributed by atoms with E-state index in [1.807, 2.05) is 72.8 Å². The minimum atomic E-state index is -0.288. The Labute approximate surface area is 207 Å². The van der Waals surface area contributed by atoms with E-state index in [9.17, 15) is 9.59 Å². The van der Waals surface area contributed by atoms with Crippen molar-refractivity contribution in [2.75, 3.05) is 18.5 Å². The van der Waals surface area contributed by atoms with E-state index in [2.05, 4.69) is 15.7 Å². The van der Waals surface area contributed by atoms with Gasteiger partial charge in [-0.3, -0.25) is 9.59 Å². The molecule has 0 saturated carbocycles. The molecule has 0 saturated heterocycles. The smallest absolute Gasteiger partial charge is 0.263 e. The van der Waals surface area contributed by atoms with Crippen LogP contribution in [0.25, 0.3) is 10.8 Å². The fourth-order valence-corrected chi connectivity index (χ4v) is 5.11. The molecule has 1 aliphatic rings. The number of carbonyl (C=O) groups excluding carboxylic acids is 2. The van der Waals surface area contributed by atoms with Gasteiger partial charge in [-0.25, -0.2) is 4.68 Å². The summed E-state index contributed by atoms with van der Waals surface area (Å²) in [5.74, 6) is 2.31. The number of nitrogens with zero attached hydrogens (tertiary/aromatic N) is 2. The second kappa shape index (κ2) is 10.7. The number of fused-ring (bicyclic) bond motifs is 2. The Morgan fingerprint density at radius 1 is 0.943 bits per heavy atom. The van der Waals surface area contributed by atoms with Crippen molar-refractivity contribution in [1.82, 2.24) is 15.1 Å². The van der Waals surface area contributed by atoms with E-state index in [-0.39, 0.29) is 25.0 Å². The third kappa shape index (κ3) is 5.66. The number of carbonyl (C=O) groups is 2. The zero-order valence-corrected chi connectivity index (χ0v) is 20.0. The average Bonchev–Trinajstić information content (AvgIpc) is 3.45. The lowest BCUT2D eigenvalue weighted by atomic mass is 10.1. The molecule has 0 spiro atoms. The van der Waals surface area contributed by atoms with Gasteiger partial charge < -0.3 is 15.4 Å². The third-order valence-electron chi connectivity index (χ3n) is 5.84. The number of aromatic nitrogens is 2. The van der Waals surface area contributed by atoms with Crippen molar-refractivity contribution in [2.24, 2.45) is 0 Å². The second-order valence-corrected chi connectivity index (χ2v) is 9.34. The van der Waals surface area contributed by atoms with Crippen LogP contribution in [0.1, 0.15) is 16.8 Å². The molecular formula is C27H26N4O3S. The van der Waals surface area contributed by atoms with E-state index in [1.165, 1.54) is 5.56 Å². The Hall–Kier alpha value is -3.78. The van der Waals surface area contributed by atoms with Gasteiger partial charge in [0.15, 0.2) is 6.61 Å². The second-order valence-electron chi connectivity index (χ2n) is 8.36. The highest BCUT2D eigenvalue weighted by Crippen LogP contribution is 2.34. The molecule has 1 aliphatic heterocycles. The Morgan fingerprint density at radius 3 is 2.60 bits per heavy atom. The van der Waals surface area contributed by atoms with Gasteiger partial charge in [0.1, 0.15) is 18.1 Å². The predicted octanol–water partition coefficient (Wildman–Crippen LogP) is 4.16. The van der Waals surface area contributed by atoms with Crippen molar-refractivity contribution in [3.05, 3.63) is 89.6 Å². The molecule has 0 bridgehead atoms. The predicted molar refractivity (Wildman–Crippen MR) is 138 cm³/mol. The van der Waals surface area contributed by atoms with Gasteiger partial charge in [-0.15, -0.1) is 0 Å². The van der Waals surface area contributed by atoms with Gasteiger partial charge >= 0.3 is 0 Å². The minimum absolute atomic E-state index is 0.0492. The van der Waals surface area contributed by atoms with Crippen molar-refractivity contribution in [1.29, 1.82) is 0 Å². The maximum Gasteiger partial charge on any atom is 0.263 e. The molecule has 2 amide bonds. The summed E-state index contributed by atoms with van der Waals surface area (Å²) in [6, 6.07) is 23.8. The van der Waals surface area contributed by atoms with Gasteiger partial charge in [0, 0.05) is 23.6 Å². The number of amides is 2. The summed E-state index contributed by atoms with van der Waals surface area (Å²) in [5.41, 5.74) is 3.06. The summed E-state index contributed by atoms with van der Waals surface area (Å²) in [5, 5.41) is 12.6. The van der Waals surface area contributed by atoms with Crippen LogP contribution in [0.5, 0.6) is 5.75 Å². The van der Waals surface area contributed by atoms with Crippen LogP contribution in [0.3, 0.4) is 0 Å². The number of hydrogen-bond acceptors (Lipinski definition) is 5. The highest BCUT2D eigenvalue weighted by molar-refractivity contribution is 7.98. The van der Waals surface area contributed by atoms with Gasteiger partial charge in [0.05, 0.1) is 5.69 Å². The molecule has 178 valence electrons. The van der Waals surface area contributed by atoms with Crippen molar-refractivity contribution in [3.8, 4) is 5.75 Å². The maximum atomic E-state index is 12.7. The monoisotopic (exact) mass is 486 g/mol. The van der Waals surface area contributed by atoms with Crippen molar-refractivity contribution in [2.45, 2.75) is 24.5 Å². The van der Waals surface area contributed by atoms with Gasteiger partial charge in [-0.1, -0.05) is 60.7 Å². The lowest BCUT2D eigenvalue weighted by Crippen LogP contribution is -2.31. The summed E-state index contributed by atoms with van der Waals surface area (Å²) in [4.78, 5) is 25.3. The van der Waals surface area contributed by atoms with Crippen molar-refractivity contribution >= 4 is 40.2 Å². The molecule has 0 unspecified atom stereocenters. The molecule has 2 heterocycles. The molecule has 4 aromatic rings. The van der Waals surface area contributed by atoms with Gasteiger partial charge in [-0.05, 0) is 34.9 Å². The van der Waals surface area contributed by atoms with E-state index >= 15 is 0 Å². The lowest BCUT2D eigenvalue weighted by molar-refractivity contribution is -0.122. The minimum Gasteiger partial charge on any atom is -0.484 e. The summed E-state index contributed by atoms with van der Waals surface area (Å²) in [7, 11) is 0. The van der Waals surface area contributed by atoms with Crippen LogP contribution >= 0.6 is 11.8 Å². The quantitative estimate of drug-likeness (QED) is 0.371. The fourth-order valence-electron chi connectivity index (χ4n) is 4.08. The molecule has 7 nitrogen and oxygen atoms in total. The molecule has 3 aromatic carbocycles. The SMILES string of the molecule is O=C(Cn1nc2c(c1NC(=O)COc1ccc3ccccc3c1)CSC2)NCCc1ccccc1. The fraction of sp³-hybridized carbons (Fsp3) is 0.222. The number of rotatable bonds is 9. The first-order valence-corrected chi connectivity index (χ1v) is 12.7. The number of nitrogens with one attached hydrogen (secondary N) is 2. The molecule has 0 fully saturated rings. The summed E-state index contributed by atoms with van der Waals surface area (Å²) >= 11 is 1.74. The molecule has 5 rings (SSSR count). The van der Waals surface area contributed by atoms with E-state index in [0.29, 0.717) is 18.1 Å². The van der Waals surface area contributed by atoms with Crippen LogP contribution in [0.4, 0.5) is 5.82 Å². The van der Waals surface area contributed by atoms with E-state index < -0.39 is 0 Å². The van der Waals surface area contributed by atoms with Crippen LogP contribution < -0.4 is 15.4 Å². The number of hydrogen-bond donors (Lipinski definition) is 2. The standard InChI is InChI=1S/C27H26N4O3S/c32-25(28-13-12-19-6-2-1-3-7-19)15-31-27(23-17-35-18-24(23)30-31)29-26(33)16-34-22-11-10-20-8-4-5-9-21(20)14-22/h1-11,14H,12-13,15-18H2,(H,28,32)(H,29,33). The summed E-state index contributed by atoms with van der Waals surface area (Å²) < 4.78 is 7.33. The van der Waals surface area contributed by atoms with Gasteiger partial charge in [0.25, 0.3) is 5.91 Å². The Morgan fingerprint density at radius 2 is 1.74 bits per heavy atom. The normalized spacial score (nSPS) is 12.3. The summed E-state index contributed by atoms with van der Waals surface area (Å²) in [6.07, 6.45) is 0.758. The zero-order chi connectivity index (χ0) is 24.0. The third-order valence-corrected chi connectivity index (χ3v) is 6.81. The number of benzene rings is 3. The molecule has 35 heavy (non-hydrogen) atoms. The summed E-state index contributed by atoms with van der Waals surface area (Å²) in [6.45, 7) is 0.462. The molecule has 1 aromatic heterocycles. The lowest BCUT2D eigenvalue weighted by Gasteiger charge is -2.12. The zero-order valence-electron chi connectivity index (χ0n) is 19.2. The van der Waals surface area contributed by atoms with E-state index in [0.717, 1.165) is 40.0 Å². The van der Waals surface area contributed by atoms with Crippen molar-refractivity contribution < 1.29 is 14.3 Å². The Balaban J connectivity index is 1.19. The molecular weight excluding hydrogens is 460 g/mol. The Bertz CT molecular complexity index is 1350. The molecule has 0 aliphatic carbocycles. The van der Waals surface area contributed by atoms with Crippen LogP contribution in [0, 0.1) is 0 Å². The van der Waals surface area contributed by atoms with Crippen LogP contribution in [-0.2, 0) is 34.1 Å². The first kappa shape index (κ1) is 23.0. The topological polar surface area (TPSA) is 85.2 Å². The van der Waals surface area contributed by atoms with Crippen molar-refractivity contribution in [3.63, 3.8) is 0 Å². The molecule has 0 atom stereocenters. The van der Waals surface area contributed by atoms with Crippen LogP contribution in [0.15, 0.2) is 72.8 Å². The van der Waals surface area contributed by atoms with Gasteiger partial charge in [-0.2, -0.15) is 16.9 Å². The highest BCUT2D eigenvalue weighted by Gasteiger charge is 2.25. The maximum absolute atomic E-state index is 12.7. The average molecular weight is 487 g/mol. The van der Waals surface area contributed by atoms with E-state index in [4.69, 9.17) is 4.74 Å². The highest BCUT2D eigenvalue weighted by atomic mass is 32.2. The largest absolute Gasteiger partial charge is 0.484 e. The van der Waals surface area contributed by atoms with Crippen LogP contribution in [-0.4, -0.2) is 34.7 Å². The molecule has 8 heteroatoms. The first-order valence-electron chi connectivity index (χ1n) is 11.5. The van der Waals surface area contributed by atoms with Gasteiger partial charge in [0.2, 0.25) is 5.91 Å². The number of thioether (sulfide) groups is 1. The van der Waals surface area contributed by atoms with Crippen LogP contribution in [0.2, 0.25) is 0 Å². The van der Waals surface area contributed by atoms with E-state index in [1.54, 1.807) is 16.4 Å². The molecule has 2 N–H and O–H groups in total.